The summed E-state index contributed by atoms with van der Waals surface area (Å²) in [6.45, 7) is 2.21. The van der Waals surface area contributed by atoms with Gasteiger partial charge in [0.15, 0.2) is 0 Å². The highest BCUT2D eigenvalue weighted by molar-refractivity contribution is 14.1. The fraction of sp³-hybridized carbons (Fsp3) is 0.667. The van der Waals surface area contributed by atoms with E-state index in [2.05, 4.69) is 39.7 Å². The first kappa shape index (κ1) is 7.47. The lowest BCUT2D eigenvalue weighted by atomic mass is 10.3. The van der Waals surface area contributed by atoms with Crippen molar-refractivity contribution in [3.05, 3.63) is 10.2 Å². The lowest BCUT2D eigenvalue weighted by Gasteiger charge is -1.83. The Labute approximate surface area is 59.1 Å². The van der Waals surface area contributed by atoms with Crippen LogP contribution in [-0.4, -0.2) is 0 Å². The first-order valence-corrected chi connectivity index (χ1v) is 3.91. The SMILES string of the molecule is CCCC/C=C\I. The maximum absolute atomic E-state index is 2.25. The van der Waals surface area contributed by atoms with Crippen LogP contribution in [0.4, 0.5) is 0 Å². The monoisotopic (exact) mass is 210 g/mol. The molecule has 0 saturated carbocycles. The van der Waals surface area contributed by atoms with Crippen molar-refractivity contribution in [2.75, 3.05) is 0 Å². The van der Waals surface area contributed by atoms with Crippen LogP contribution in [0, 0.1) is 0 Å². The molecule has 0 unspecified atom stereocenters. The van der Waals surface area contributed by atoms with Crippen molar-refractivity contribution in [2.45, 2.75) is 26.2 Å². The normalized spacial score (nSPS) is 10.6. The van der Waals surface area contributed by atoms with Gasteiger partial charge in [0.1, 0.15) is 0 Å². The minimum atomic E-state index is 1.25. The summed E-state index contributed by atoms with van der Waals surface area (Å²) < 4.78 is 2.08. The van der Waals surface area contributed by atoms with E-state index in [4.69, 9.17) is 0 Å². The van der Waals surface area contributed by atoms with Gasteiger partial charge in [-0.2, -0.15) is 0 Å². The van der Waals surface area contributed by atoms with Gasteiger partial charge in [0, 0.05) is 0 Å². The molecule has 0 bridgehead atoms. The van der Waals surface area contributed by atoms with Gasteiger partial charge in [-0.1, -0.05) is 48.4 Å². The summed E-state index contributed by atoms with van der Waals surface area (Å²) in [4.78, 5) is 0. The molecule has 7 heavy (non-hydrogen) atoms. The maximum Gasteiger partial charge on any atom is -0.0274 e. The van der Waals surface area contributed by atoms with E-state index < -0.39 is 0 Å². The van der Waals surface area contributed by atoms with Crippen LogP contribution in [0.5, 0.6) is 0 Å². The number of hydrogen-bond acceptors (Lipinski definition) is 0. The van der Waals surface area contributed by atoms with Crippen molar-refractivity contribution >= 4 is 22.6 Å². The Morgan fingerprint density at radius 3 is 2.71 bits per heavy atom. The van der Waals surface area contributed by atoms with E-state index in [0.29, 0.717) is 0 Å². The smallest absolute Gasteiger partial charge is 0.0274 e. The summed E-state index contributed by atoms with van der Waals surface area (Å²) in [5, 5.41) is 0. The molecule has 0 spiro atoms. The molecule has 0 aliphatic heterocycles. The van der Waals surface area contributed by atoms with E-state index in [9.17, 15) is 0 Å². The van der Waals surface area contributed by atoms with Gasteiger partial charge in [0.05, 0.1) is 0 Å². The average Bonchev–Trinajstić information content (AvgIpc) is 1.69. The van der Waals surface area contributed by atoms with Crippen LogP contribution < -0.4 is 0 Å². The minimum Gasteiger partial charge on any atom is -0.0785 e. The second kappa shape index (κ2) is 6.47. The van der Waals surface area contributed by atoms with Crippen LogP contribution in [-0.2, 0) is 0 Å². The fourth-order valence-electron chi connectivity index (χ4n) is 0.385. The van der Waals surface area contributed by atoms with Crippen LogP contribution in [0.3, 0.4) is 0 Å². The third kappa shape index (κ3) is 6.47. The van der Waals surface area contributed by atoms with Gasteiger partial charge in [-0.3, -0.25) is 0 Å². The Morgan fingerprint density at radius 1 is 1.57 bits per heavy atom. The molecule has 0 aromatic carbocycles. The highest BCUT2D eigenvalue weighted by Gasteiger charge is 1.73. The molecule has 0 fully saturated rings. The van der Waals surface area contributed by atoms with E-state index in [-0.39, 0.29) is 0 Å². The van der Waals surface area contributed by atoms with Crippen molar-refractivity contribution in [3.63, 3.8) is 0 Å². The second-order valence-corrected chi connectivity index (χ2v) is 2.22. The molecule has 0 atom stereocenters. The Bertz CT molecular complexity index is 48.1. The summed E-state index contributed by atoms with van der Waals surface area (Å²) in [6.07, 6.45) is 6.09. The predicted molar refractivity (Wildman–Crippen MR) is 42.7 cm³/mol. The van der Waals surface area contributed by atoms with Crippen LogP contribution in [0.2, 0.25) is 0 Å². The van der Waals surface area contributed by atoms with Crippen molar-refractivity contribution in [2.24, 2.45) is 0 Å². The third-order valence-electron chi connectivity index (χ3n) is 0.813. The summed E-state index contributed by atoms with van der Waals surface area (Å²) in [5.74, 6) is 0. The van der Waals surface area contributed by atoms with Crippen LogP contribution >= 0.6 is 22.6 Å². The van der Waals surface area contributed by atoms with E-state index >= 15 is 0 Å². The van der Waals surface area contributed by atoms with Crippen LogP contribution in [0.25, 0.3) is 0 Å². The molecule has 0 aromatic heterocycles. The van der Waals surface area contributed by atoms with Gasteiger partial charge < -0.3 is 0 Å². The van der Waals surface area contributed by atoms with Crippen molar-refractivity contribution in [1.29, 1.82) is 0 Å². The number of allylic oxidation sites excluding steroid dienone is 1. The summed E-state index contributed by atoms with van der Waals surface area (Å²) in [7, 11) is 0. The van der Waals surface area contributed by atoms with Crippen LogP contribution in [0.1, 0.15) is 26.2 Å². The first-order chi connectivity index (χ1) is 3.41. The van der Waals surface area contributed by atoms with Gasteiger partial charge in [-0.05, 0) is 10.5 Å². The Kier molecular flexibility index (Phi) is 6.90. The number of rotatable bonds is 3. The van der Waals surface area contributed by atoms with Crippen LogP contribution in [0.15, 0.2) is 10.2 Å². The van der Waals surface area contributed by atoms with E-state index in [1.807, 2.05) is 0 Å². The highest BCUT2D eigenvalue weighted by atomic mass is 127. The molecule has 0 aliphatic rings. The predicted octanol–water partition coefficient (Wildman–Crippen LogP) is 3.13. The average molecular weight is 210 g/mol. The van der Waals surface area contributed by atoms with Crippen molar-refractivity contribution in [3.8, 4) is 0 Å². The molecule has 0 aromatic rings. The lowest BCUT2D eigenvalue weighted by Crippen LogP contribution is -1.62. The topological polar surface area (TPSA) is 0 Å². The molecule has 0 rings (SSSR count). The van der Waals surface area contributed by atoms with Crippen molar-refractivity contribution in [1.82, 2.24) is 0 Å². The Balaban J connectivity index is 2.69. The molecule has 0 N–H and O–H groups in total. The van der Waals surface area contributed by atoms with E-state index in [1.165, 1.54) is 19.3 Å². The highest BCUT2D eigenvalue weighted by Crippen LogP contribution is 1.96. The quantitative estimate of drug-likeness (QED) is 0.495. The van der Waals surface area contributed by atoms with Gasteiger partial charge in [0.25, 0.3) is 0 Å². The maximum atomic E-state index is 2.25. The Morgan fingerprint density at radius 2 is 2.29 bits per heavy atom. The van der Waals surface area contributed by atoms with E-state index in [1.54, 1.807) is 0 Å². The van der Waals surface area contributed by atoms with Gasteiger partial charge in [0.2, 0.25) is 0 Å². The Hall–Kier alpha value is 0.470. The standard InChI is InChI=1S/C6H11I/c1-2-3-4-5-6-7/h5-6H,2-4H2,1H3/b6-5-. The third-order valence-corrected chi connectivity index (χ3v) is 1.32. The molecule has 0 radical (unpaired) electrons. The molecule has 0 amide bonds. The molecular formula is C6H11I. The second-order valence-electron chi connectivity index (χ2n) is 1.50. The summed E-state index contributed by atoms with van der Waals surface area (Å²) in [6, 6.07) is 0. The largest absolute Gasteiger partial charge is 0.0785 e. The zero-order chi connectivity index (χ0) is 5.54. The van der Waals surface area contributed by atoms with Crippen molar-refractivity contribution < 1.29 is 0 Å². The molecule has 42 valence electrons. The van der Waals surface area contributed by atoms with Gasteiger partial charge in [-0.25, -0.2) is 0 Å². The first-order valence-electron chi connectivity index (χ1n) is 2.67. The lowest BCUT2D eigenvalue weighted by molar-refractivity contribution is 0.816. The molecular weight excluding hydrogens is 199 g/mol. The van der Waals surface area contributed by atoms with Gasteiger partial charge in [-0.15, -0.1) is 0 Å². The summed E-state index contributed by atoms with van der Waals surface area (Å²) >= 11 is 2.25. The van der Waals surface area contributed by atoms with E-state index in [0.717, 1.165) is 0 Å². The zero-order valence-electron chi connectivity index (χ0n) is 4.65. The minimum absolute atomic E-state index is 1.25. The zero-order valence-corrected chi connectivity index (χ0v) is 6.81. The molecule has 0 saturated heterocycles. The molecule has 1 heteroatoms. The molecule has 0 aliphatic carbocycles. The summed E-state index contributed by atoms with van der Waals surface area (Å²) in [5.41, 5.74) is 0. The molecule has 0 nitrogen and oxygen atoms in total. The fourth-order valence-corrected chi connectivity index (χ4v) is 0.745. The number of halogens is 1. The van der Waals surface area contributed by atoms with Gasteiger partial charge >= 0.3 is 0 Å². The molecule has 0 heterocycles. The number of unbranched alkanes of at least 4 members (excludes halogenated alkanes) is 2. The number of hydrogen-bond donors (Lipinski definition) is 0.